The molecule has 1 aliphatic carbocycles. The Labute approximate surface area is 126 Å². The van der Waals surface area contributed by atoms with E-state index in [9.17, 15) is 9.59 Å². The third-order valence-corrected chi connectivity index (χ3v) is 3.94. The fourth-order valence-electron chi connectivity index (χ4n) is 2.64. The maximum atomic E-state index is 12.4. The van der Waals surface area contributed by atoms with Gasteiger partial charge in [-0.1, -0.05) is 32.1 Å². The van der Waals surface area contributed by atoms with Crippen molar-refractivity contribution in [2.24, 2.45) is 0 Å². The van der Waals surface area contributed by atoms with Crippen LogP contribution in [0.15, 0.2) is 0 Å². The molecule has 1 rings (SSSR count). The molecule has 112 valence electrons. The lowest BCUT2D eigenvalue weighted by molar-refractivity contribution is -0.138. The lowest BCUT2D eigenvalue weighted by Crippen LogP contribution is -2.52. The molecule has 0 radical (unpaired) electrons. The summed E-state index contributed by atoms with van der Waals surface area (Å²) in [5.74, 6) is 1.85. The fourth-order valence-corrected chi connectivity index (χ4v) is 2.79. The van der Waals surface area contributed by atoms with E-state index in [0.717, 1.165) is 25.7 Å². The van der Waals surface area contributed by atoms with Crippen molar-refractivity contribution in [3.8, 4) is 12.3 Å². The minimum atomic E-state index is -0.528. The fraction of sp³-hybridized carbons (Fsp3) is 0.733. The zero-order chi connectivity index (χ0) is 15.0. The summed E-state index contributed by atoms with van der Waals surface area (Å²) in [5.41, 5.74) is 0. The van der Waals surface area contributed by atoms with Crippen LogP contribution in [0.5, 0.6) is 0 Å². The third kappa shape index (κ3) is 4.72. The molecule has 0 heterocycles. The molecule has 1 N–H and O–H groups in total. The van der Waals surface area contributed by atoms with Gasteiger partial charge in [0.25, 0.3) is 0 Å². The van der Waals surface area contributed by atoms with Crippen LogP contribution in [-0.2, 0) is 9.59 Å². The Bertz CT molecular complexity index is 373. The molecule has 1 aliphatic rings. The molecule has 2 amide bonds. The summed E-state index contributed by atoms with van der Waals surface area (Å²) in [7, 11) is 0. The first-order valence-corrected chi connectivity index (χ1v) is 7.76. The first kappa shape index (κ1) is 16.8. The van der Waals surface area contributed by atoms with Gasteiger partial charge in [0.05, 0.1) is 6.54 Å². The third-order valence-electron chi connectivity index (χ3n) is 3.71. The van der Waals surface area contributed by atoms with Crippen LogP contribution in [-0.4, -0.2) is 41.2 Å². The molecule has 4 nitrogen and oxygen atoms in total. The highest BCUT2D eigenvalue weighted by molar-refractivity contribution is 6.27. The monoisotopic (exact) mass is 298 g/mol. The predicted molar refractivity (Wildman–Crippen MR) is 80.4 cm³/mol. The second-order valence-electron chi connectivity index (χ2n) is 5.13. The summed E-state index contributed by atoms with van der Waals surface area (Å²) >= 11 is 5.59. The molecule has 20 heavy (non-hydrogen) atoms. The van der Waals surface area contributed by atoms with E-state index in [1.807, 2.05) is 6.92 Å². The van der Waals surface area contributed by atoms with Gasteiger partial charge in [0.2, 0.25) is 11.8 Å². The summed E-state index contributed by atoms with van der Waals surface area (Å²) in [5, 5.41) is 3.04. The van der Waals surface area contributed by atoms with Crippen LogP contribution in [0.1, 0.15) is 45.4 Å². The van der Waals surface area contributed by atoms with Crippen molar-refractivity contribution in [3.63, 3.8) is 0 Å². The van der Waals surface area contributed by atoms with Crippen molar-refractivity contribution in [1.82, 2.24) is 10.2 Å². The van der Waals surface area contributed by atoms with E-state index in [0.29, 0.717) is 6.42 Å². The maximum absolute atomic E-state index is 12.4. The van der Waals surface area contributed by atoms with Gasteiger partial charge in [-0.3, -0.25) is 9.59 Å². The molecule has 0 aromatic heterocycles. The van der Waals surface area contributed by atoms with E-state index >= 15 is 0 Å². The molecule has 1 fully saturated rings. The van der Waals surface area contributed by atoms with E-state index < -0.39 is 6.04 Å². The van der Waals surface area contributed by atoms with Gasteiger partial charge in [0, 0.05) is 6.04 Å². The number of rotatable bonds is 6. The molecule has 0 aromatic carbocycles. The normalized spacial score (nSPS) is 17.1. The Hall–Kier alpha value is -1.21. The summed E-state index contributed by atoms with van der Waals surface area (Å²) in [6, 6.07) is -0.302. The average molecular weight is 299 g/mol. The number of carbonyl (C=O) groups excluding carboxylic acids is 2. The van der Waals surface area contributed by atoms with Crippen LogP contribution in [0.4, 0.5) is 0 Å². The number of hydrogen-bond acceptors (Lipinski definition) is 2. The van der Waals surface area contributed by atoms with Crippen LogP contribution < -0.4 is 5.32 Å². The van der Waals surface area contributed by atoms with Gasteiger partial charge in [0.1, 0.15) is 11.9 Å². The number of amides is 2. The van der Waals surface area contributed by atoms with Gasteiger partial charge in [-0.15, -0.1) is 18.0 Å². The largest absolute Gasteiger partial charge is 0.352 e. The highest BCUT2D eigenvalue weighted by atomic mass is 35.5. The Balaban J connectivity index is 2.68. The quantitative estimate of drug-likeness (QED) is 0.601. The SMILES string of the molecule is C#CCN(C(=O)CCl)C(CC)C(=O)NC1CCCCC1. The van der Waals surface area contributed by atoms with Crippen molar-refractivity contribution in [3.05, 3.63) is 0 Å². The molecule has 0 saturated heterocycles. The van der Waals surface area contributed by atoms with E-state index in [4.69, 9.17) is 18.0 Å². The van der Waals surface area contributed by atoms with Crippen LogP contribution in [0.2, 0.25) is 0 Å². The summed E-state index contributed by atoms with van der Waals surface area (Å²) < 4.78 is 0. The van der Waals surface area contributed by atoms with Gasteiger partial charge in [-0.25, -0.2) is 0 Å². The zero-order valence-corrected chi connectivity index (χ0v) is 12.8. The molecule has 1 atom stereocenters. The van der Waals surface area contributed by atoms with Gasteiger partial charge >= 0.3 is 0 Å². The van der Waals surface area contributed by atoms with Crippen LogP contribution in [0.25, 0.3) is 0 Å². The summed E-state index contributed by atoms with van der Waals surface area (Å²) in [4.78, 5) is 25.6. The lowest BCUT2D eigenvalue weighted by Gasteiger charge is -2.31. The molecule has 0 aliphatic heterocycles. The second kappa shape index (κ2) is 8.86. The number of terminal acetylenes is 1. The van der Waals surface area contributed by atoms with Crippen molar-refractivity contribution < 1.29 is 9.59 Å². The smallest absolute Gasteiger partial charge is 0.243 e. The van der Waals surface area contributed by atoms with Crippen molar-refractivity contribution >= 4 is 23.4 Å². The van der Waals surface area contributed by atoms with Gasteiger partial charge in [-0.2, -0.15) is 0 Å². The number of carbonyl (C=O) groups is 2. The predicted octanol–water partition coefficient (Wildman–Crippen LogP) is 1.91. The van der Waals surface area contributed by atoms with E-state index in [-0.39, 0.29) is 30.3 Å². The van der Waals surface area contributed by atoms with Crippen molar-refractivity contribution in [1.29, 1.82) is 0 Å². The first-order chi connectivity index (χ1) is 9.63. The van der Waals surface area contributed by atoms with E-state index in [1.165, 1.54) is 11.3 Å². The molecule has 1 unspecified atom stereocenters. The number of halogens is 1. The molecule has 0 bridgehead atoms. The van der Waals surface area contributed by atoms with Crippen molar-refractivity contribution in [2.75, 3.05) is 12.4 Å². The van der Waals surface area contributed by atoms with E-state index in [2.05, 4.69) is 11.2 Å². The zero-order valence-electron chi connectivity index (χ0n) is 12.0. The second-order valence-corrected chi connectivity index (χ2v) is 5.39. The van der Waals surface area contributed by atoms with E-state index in [1.54, 1.807) is 0 Å². The molecule has 5 heteroatoms. The first-order valence-electron chi connectivity index (χ1n) is 7.23. The highest BCUT2D eigenvalue weighted by Crippen LogP contribution is 2.18. The molecule has 1 saturated carbocycles. The topological polar surface area (TPSA) is 49.4 Å². The molecule has 0 spiro atoms. The maximum Gasteiger partial charge on any atom is 0.243 e. The summed E-state index contributed by atoms with van der Waals surface area (Å²) in [6.07, 6.45) is 11.4. The lowest BCUT2D eigenvalue weighted by atomic mass is 9.95. The number of hydrogen-bond donors (Lipinski definition) is 1. The minimum absolute atomic E-state index is 0.113. The van der Waals surface area contributed by atoms with Gasteiger partial charge in [-0.05, 0) is 19.3 Å². The van der Waals surface area contributed by atoms with Gasteiger partial charge < -0.3 is 10.2 Å². The Kier molecular flexibility index (Phi) is 7.46. The average Bonchev–Trinajstić information content (AvgIpc) is 2.47. The van der Waals surface area contributed by atoms with Crippen LogP contribution >= 0.6 is 11.6 Å². The van der Waals surface area contributed by atoms with Crippen LogP contribution in [0, 0.1) is 12.3 Å². The molecular weight excluding hydrogens is 276 g/mol. The number of nitrogens with zero attached hydrogens (tertiary/aromatic N) is 1. The van der Waals surface area contributed by atoms with Crippen molar-refractivity contribution in [2.45, 2.75) is 57.5 Å². The summed E-state index contributed by atoms with van der Waals surface area (Å²) in [6.45, 7) is 1.98. The Morgan fingerprint density at radius 3 is 2.55 bits per heavy atom. The minimum Gasteiger partial charge on any atom is -0.352 e. The Morgan fingerprint density at radius 1 is 1.40 bits per heavy atom. The number of alkyl halides is 1. The molecular formula is C15H23ClN2O2. The number of nitrogens with one attached hydrogen (secondary N) is 1. The standard InChI is InChI=1S/C15H23ClN2O2/c1-3-10-18(14(19)11-16)13(4-2)15(20)17-12-8-6-5-7-9-12/h1,12-13H,4-11H2,2H3,(H,17,20). The van der Waals surface area contributed by atoms with Gasteiger partial charge in [0.15, 0.2) is 0 Å². The molecule has 0 aromatic rings. The Morgan fingerprint density at radius 2 is 2.05 bits per heavy atom. The van der Waals surface area contributed by atoms with Crippen LogP contribution in [0.3, 0.4) is 0 Å². The highest BCUT2D eigenvalue weighted by Gasteiger charge is 2.29.